The third kappa shape index (κ3) is 4.57. The van der Waals surface area contributed by atoms with Gasteiger partial charge in [-0.05, 0) is 12.1 Å². The van der Waals surface area contributed by atoms with E-state index >= 15 is 0 Å². The lowest BCUT2D eigenvalue weighted by Gasteiger charge is -2.37. The lowest BCUT2D eigenvalue weighted by atomic mass is 10.1. The minimum Gasteiger partial charge on any atom is -0.369 e. The largest absolute Gasteiger partial charge is 0.369 e. The first kappa shape index (κ1) is 24.6. The average molecular weight is 540 g/mol. The van der Waals surface area contributed by atoms with Crippen molar-refractivity contribution < 1.29 is 26.7 Å². The fourth-order valence-corrected chi connectivity index (χ4v) is 5.79. The van der Waals surface area contributed by atoms with E-state index < -0.39 is 21.5 Å². The number of alkyl halides is 2. The van der Waals surface area contributed by atoms with Crippen LogP contribution < -0.4 is 4.90 Å². The maximum absolute atomic E-state index is 13.1. The quantitative estimate of drug-likeness (QED) is 0.468. The Kier molecular flexibility index (Phi) is 6.46. The van der Waals surface area contributed by atoms with Crippen molar-refractivity contribution in [2.75, 3.05) is 44.3 Å². The minimum atomic E-state index is -4.07. The Balaban J connectivity index is 1.58. The van der Waals surface area contributed by atoms with Gasteiger partial charge >= 0.3 is 0 Å². The van der Waals surface area contributed by atoms with Gasteiger partial charge in [-0.2, -0.15) is 17.9 Å². The average Bonchev–Trinajstić information content (AvgIpc) is 3.48. The molecule has 0 radical (unpaired) electrons. The zero-order chi connectivity index (χ0) is 25.6. The molecule has 15 heteroatoms. The second-order valence-electron chi connectivity index (χ2n) is 8.75. The van der Waals surface area contributed by atoms with Crippen molar-refractivity contribution >= 4 is 49.6 Å². The number of ether oxygens (including phenoxy) is 1. The number of nitrogens with zero attached hydrogens (tertiary/aromatic N) is 7. The van der Waals surface area contributed by atoms with Crippen LogP contribution in [0.1, 0.15) is 25.3 Å². The molecule has 36 heavy (non-hydrogen) atoms. The number of rotatable bonds is 6. The van der Waals surface area contributed by atoms with E-state index in [0.29, 0.717) is 59.8 Å². The molecule has 0 aliphatic carbocycles. The topological polar surface area (TPSA) is 123 Å². The number of aromatic nitrogens is 4. The molecule has 4 heterocycles. The van der Waals surface area contributed by atoms with Crippen molar-refractivity contribution in [2.45, 2.75) is 25.2 Å². The van der Waals surface area contributed by atoms with Crippen LogP contribution in [0.2, 0.25) is 0 Å². The van der Waals surface area contributed by atoms with Crippen LogP contribution in [0.3, 0.4) is 0 Å². The van der Waals surface area contributed by atoms with Crippen LogP contribution in [0.15, 0.2) is 27.6 Å². The summed E-state index contributed by atoms with van der Waals surface area (Å²) >= 11 is 0.675. The summed E-state index contributed by atoms with van der Waals surface area (Å²) in [5.74, 6) is -0.0526. The van der Waals surface area contributed by atoms with Crippen LogP contribution in [-0.4, -0.2) is 84.3 Å². The van der Waals surface area contributed by atoms with Crippen molar-refractivity contribution in [3.63, 3.8) is 0 Å². The van der Waals surface area contributed by atoms with Gasteiger partial charge in [-0.3, -0.25) is 4.79 Å². The summed E-state index contributed by atoms with van der Waals surface area (Å²) in [6, 6.07) is 2.95. The predicted octanol–water partition coefficient (Wildman–Crippen LogP) is 2.28. The Morgan fingerprint density at radius 2 is 1.86 bits per heavy atom. The molecule has 0 saturated carbocycles. The molecule has 3 aromatic rings. The molecule has 2 aliphatic rings. The molecule has 5 rings (SSSR count). The Morgan fingerprint density at radius 3 is 2.44 bits per heavy atom. The number of hydrogen-bond donors (Lipinski definition) is 0. The van der Waals surface area contributed by atoms with Crippen LogP contribution >= 0.6 is 11.3 Å². The van der Waals surface area contributed by atoms with E-state index in [0.717, 1.165) is 0 Å². The highest BCUT2D eigenvalue weighted by Gasteiger charge is 2.28. The maximum Gasteiger partial charge on any atom is 0.291 e. The molecular formula is C21H23F2N7O4S2. The van der Waals surface area contributed by atoms with Crippen molar-refractivity contribution in [3.8, 4) is 5.13 Å². The van der Waals surface area contributed by atoms with Crippen molar-refractivity contribution in [2.24, 2.45) is 10.3 Å². The van der Waals surface area contributed by atoms with Crippen molar-refractivity contribution in [3.05, 3.63) is 23.3 Å². The molecule has 0 N–H and O–H groups in total. The van der Waals surface area contributed by atoms with Gasteiger partial charge in [0, 0.05) is 43.2 Å². The number of sulfonamides is 1. The third-order valence-electron chi connectivity index (χ3n) is 5.95. The normalized spacial score (nSPS) is 16.8. The van der Waals surface area contributed by atoms with Gasteiger partial charge < -0.3 is 14.5 Å². The van der Waals surface area contributed by atoms with Crippen LogP contribution in [0.25, 0.3) is 16.0 Å². The second kappa shape index (κ2) is 9.44. The molecule has 2 saturated heterocycles. The molecule has 1 amide bonds. The minimum absolute atomic E-state index is 0.0635. The highest BCUT2D eigenvalue weighted by molar-refractivity contribution is 7.90. The van der Waals surface area contributed by atoms with Gasteiger partial charge in [0.15, 0.2) is 5.01 Å². The molecule has 192 valence electrons. The van der Waals surface area contributed by atoms with Crippen molar-refractivity contribution in [1.82, 2.24) is 24.9 Å². The molecule has 2 fully saturated rings. The first-order chi connectivity index (χ1) is 17.1. The standard InChI is InChI=1S/C21H23F2N7O4S2/c1-12(2)20(31)29-5-3-28(4-6-29)16-7-14(36(32,33)27-13-10-34-11-13)8-17-15(16)9-24-30(17)21-26-25-19(35-21)18(22)23/h7-9,12,18H,3-6,10-11H2,1-2H3. The van der Waals surface area contributed by atoms with Gasteiger partial charge in [0.1, 0.15) is 0 Å². The van der Waals surface area contributed by atoms with E-state index in [2.05, 4.69) is 19.7 Å². The molecule has 11 nitrogen and oxygen atoms in total. The van der Waals surface area contributed by atoms with Gasteiger partial charge in [-0.15, -0.1) is 10.2 Å². The summed E-state index contributed by atoms with van der Waals surface area (Å²) in [7, 11) is -4.07. The van der Waals surface area contributed by atoms with E-state index in [1.54, 1.807) is 11.1 Å². The summed E-state index contributed by atoms with van der Waals surface area (Å²) in [6.45, 7) is 5.94. The number of fused-ring (bicyclic) bond motifs is 1. The first-order valence-corrected chi connectivity index (χ1v) is 13.5. The monoisotopic (exact) mass is 539 g/mol. The van der Waals surface area contributed by atoms with E-state index in [4.69, 9.17) is 4.74 Å². The number of amides is 1. The van der Waals surface area contributed by atoms with Crippen LogP contribution in [0.5, 0.6) is 0 Å². The molecule has 0 atom stereocenters. The summed E-state index contributed by atoms with van der Waals surface area (Å²) in [4.78, 5) is 16.1. The number of carbonyl (C=O) groups excluding carboxylic acids is 1. The molecule has 1 aromatic carbocycles. The van der Waals surface area contributed by atoms with Gasteiger partial charge in [0.2, 0.25) is 11.0 Å². The summed E-state index contributed by atoms with van der Waals surface area (Å²) in [5, 5.41) is 11.9. The summed E-state index contributed by atoms with van der Waals surface area (Å²) in [6.07, 6.45) is -1.24. The zero-order valence-corrected chi connectivity index (χ0v) is 21.1. The first-order valence-electron chi connectivity index (χ1n) is 11.2. The van der Waals surface area contributed by atoms with E-state index in [-0.39, 0.29) is 35.1 Å². The predicted molar refractivity (Wildman–Crippen MR) is 129 cm³/mol. The fourth-order valence-electron chi connectivity index (χ4n) is 4.05. The summed E-state index contributed by atoms with van der Waals surface area (Å²) < 4.78 is 62.7. The van der Waals surface area contributed by atoms with Gasteiger partial charge in [0.25, 0.3) is 16.4 Å². The molecule has 0 bridgehead atoms. The lowest BCUT2D eigenvalue weighted by Crippen LogP contribution is -2.50. The van der Waals surface area contributed by atoms with Crippen molar-refractivity contribution in [1.29, 1.82) is 0 Å². The highest BCUT2D eigenvalue weighted by atomic mass is 32.2. The highest BCUT2D eigenvalue weighted by Crippen LogP contribution is 2.34. The van der Waals surface area contributed by atoms with Gasteiger partial charge in [-0.1, -0.05) is 25.2 Å². The number of benzene rings is 1. The number of hydrogen-bond acceptors (Lipinski definition) is 9. The number of halogens is 2. The number of anilines is 1. The number of piperazine rings is 1. The second-order valence-corrected chi connectivity index (χ2v) is 11.3. The van der Waals surface area contributed by atoms with E-state index in [1.807, 2.05) is 18.7 Å². The zero-order valence-electron chi connectivity index (χ0n) is 19.5. The SMILES string of the molecule is CC(C)C(=O)N1CCN(c2cc(S(=O)(=O)N=C3COC3)cc3c2cnn3-c2nnc(C(F)F)s2)CC1. The van der Waals surface area contributed by atoms with E-state index in [1.165, 1.54) is 16.8 Å². The van der Waals surface area contributed by atoms with Gasteiger partial charge in [0.05, 0.1) is 35.5 Å². The fraction of sp³-hybridized carbons (Fsp3) is 0.476. The summed E-state index contributed by atoms with van der Waals surface area (Å²) in [5.41, 5.74) is 1.38. The Labute approximate surface area is 209 Å². The van der Waals surface area contributed by atoms with Crippen LogP contribution in [-0.2, 0) is 19.6 Å². The Morgan fingerprint density at radius 1 is 1.14 bits per heavy atom. The van der Waals surface area contributed by atoms with Gasteiger partial charge in [-0.25, -0.2) is 13.5 Å². The Hall–Kier alpha value is -3.04. The maximum atomic E-state index is 13.1. The van der Waals surface area contributed by atoms with Crippen LogP contribution in [0, 0.1) is 5.92 Å². The third-order valence-corrected chi connectivity index (χ3v) is 8.18. The molecule has 0 unspecified atom stereocenters. The lowest BCUT2D eigenvalue weighted by molar-refractivity contribution is -0.134. The molecule has 2 aromatic heterocycles. The number of carbonyl (C=O) groups is 1. The molecule has 2 aliphatic heterocycles. The molecular weight excluding hydrogens is 516 g/mol. The molecule has 0 spiro atoms. The van der Waals surface area contributed by atoms with E-state index in [9.17, 15) is 22.0 Å². The Bertz CT molecular complexity index is 1440. The van der Waals surface area contributed by atoms with Crippen LogP contribution in [0.4, 0.5) is 14.5 Å². The smallest absolute Gasteiger partial charge is 0.291 e.